The third-order valence-electron chi connectivity index (χ3n) is 5.31. The van der Waals surface area contributed by atoms with Crippen LogP contribution in [0.15, 0.2) is 48.5 Å². The molecular weight excluding hydrogens is 350 g/mol. The molecule has 0 saturated carbocycles. The number of hydrogen-bond acceptors (Lipinski definition) is 4. The van der Waals surface area contributed by atoms with Crippen LogP contribution >= 0.6 is 0 Å². The van der Waals surface area contributed by atoms with Crippen molar-refractivity contribution in [1.29, 1.82) is 0 Å². The lowest BCUT2D eigenvalue weighted by Crippen LogP contribution is -2.27. The summed E-state index contributed by atoms with van der Waals surface area (Å²) < 4.78 is 17.8. The number of benzene rings is 3. The second-order valence-corrected chi connectivity index (χ2v) is 7.58. The topological polar surface area (TPSA) is 40.6 Å². The van der Waals surface area contributed by atoms with Crippen molar-refractivity contribution >= 4 is 38.7 Å². The molecule has 28 heavy (non-hydrogen) atoms. The Morgan fingerprint density at radius 1 is 0.929 bits per heavy atom. The third kappa shape index (κ3) is 2.34. The summed E-state index contributed by atoms with van der Waals surface area (Å²) in [7, 11) is 3.35. The first-order valence-corrected chi connectivity index (χ1v) is 9.31. The number of rotatable bonds is 2. The molecule has 0 N–H and O–H groups in total. The number of nitrogens with zero attached hydrogens (tertiary/aromatic N) is 1. The monoisotopic (exact) mass is 371 g/mol. The zero-order chi connectivity index (χ0) is 19.5. The Hall–Kier alpha value is -3.27. The average Bonchev–Trinajstić information content (AvgIpc) is 2.70. The molecule has 4 nitrogen and oxygen atoms in total. The summed E-state index contributed by atoms with van der Waals surface area (Å²) in [5.74, 6) is 2.23. The molecule has 0 atom stereocenters. The van der Waals surface area contributed by atoms with Gasteiger partial charge in [0, 0.05) is 22.4 Å². The Labute approximate surface area is 163 Å². The molecule has 0 unspecified atom stereocenters. The van der Waals surface area contributed by atoms with Gasteiger partial charge < -0.3 is 14.2 Å². The lowest BCUT2D eigenvalue weighted by atomic mass is 9.97. The highest BCUT2D eigenvalue weighted by Gasteiger charge is 2.27. The van der Waals surface area contributed by atoms with E-state index in [1.807, 2.05) is 32.0 Å². The van der Waals surface area contributed by atoms with Crippen LogP contribution in [0, 0.1) is 0 Å². The fraction of sp³-hybridized carbons (Fsp3) is 0.208. The van der Waals surface area contributed by atoms with E-state index in [4.69, 9.17) is 19.2 Å². The molecule has 2 heterocycles. The van der Waals surface area contributed by atoms with Crippen LogP contribution in [0.4, 0.5) is 0 Å². The van der Waals surface area contributed by atoms with Gasteiger partial charge in [-0.05, 0) is 37.5 Å². The maximum Gasteiger partial charge on any atom is 0.141 e. The molecule has 1 aliphatic heterocycles. The molecule has 1 aromatic heterocycles. The van der Waals surface area contributed by atoms with Gasteiger partial charge in [-0.2, -0.15) is 0 Å². The molecule has 5 rings (SSSR count). The van der Waals surface area contributed by atoms with E-state index in [1.54, 1.807) is 14.2 Å². The van der Waals surface area contributed by atoms with E-state index in [1.165, 1.54) is 0 Å². The summed E-state index contributed by atoms with van der Waals surface area (Å²) in [6.45, 7) is 4.07. The molecule has 0 amide bonds. The van der Waals surface area contributed by atoms with Crippen LogP contribution in [0.3, 0.4) is 0 Å². The predicted octanol–water partition coefficient (Wildman–Crippen LogP) is 5.74. The average molecular weight is 371 g/mol. The standard InChI is InChI=1S/C24H21NO3/c1-24(2)12-11-16-18(28-24)13-19(26-3)20-22(16)25-21-15-8-6-5-7-14(15)9-10-17(21)23(20)27-4/h5-13H,1-4H3. The lowest BCUT2D eigenvalue weighted by molar-refractivity contribution is 0.159. The number of methoxy groups -OCH3 is 2. The van der Waals surface area contributed by atoms with Crippen molar-refractivity contribution in [1.82, 2.24) is 4.98 Å². The molecular formula is C24H21NO3. The van der Waals surface area contributed by atoms with Gasteiger partial charge in [-0.15, -0.1) is 0 Å². The summed E-state index contributed by atoms with van der Waals surface area (Å²) in [5.41, 5.74) is 2.31. The SMILES string of the molecule is COc1cc2c(c3nc4c(ccc5ccccc54)c(OC)c13)C=CC(C)(C)O2. The number of ether oxygens (including phenoxy) is 3. The first-order chi connectivity index (χ1) is 13.5. The van der Waals surface area contributed by atoms with Gasteiger partial charge in [0.1, 0.15) is 22.8 Å². The number of fused-ring (bicyclic) bond motifs is 6. The maximum absolute atomic E-state index is 6.20. The number of aromatic nitrogens is 1. The Morgan fingerprint density at radius 2 is 1.75 bits per heavy atom. The van der Waals surface area contributed by atoms with Gasteiger partial charge in [0.25, 0.3) is 0 Å². The summed E-state index contributed by atoms with van der Waals surface area (Å²) >= 11 is 0. The van der Waals surface area contributed by atoms with Crippen LogP contribution in [0.25, 0.3) is 38.7 Å². The van der Waals surface area contributed by atoms with Crippen LogP contribution in [0.5, 0.6) is 17.2 Å². The van der Waals surface area contributed by atoms with Crippen molar-refractivity contribution in [2.45, 2.75) is 19.4 Å². The Kier molecular flexibility index (Phi) is 3.53. The fourth-order valence-electron chi connectivity index (χ4n) is 4.00. The second kappa shape index (κ2) is 5.86. The highest BCUT2D eigenvalue weighted by Crippen LogP contribution is 2.46. The van der Waals surface area contributed by atoms with Gasteiger partial charge in [0.2, 0.25) is 0 Å². The first kappa shape index (κ1) is 16.9. The second-order valence-electron chi connectivity index (χ2n) is 7.58. The van der Waals surface area contributed by atoms with E-state index < -0.39 is 0 Å². The Bertz CT molecular complexity index is 1290. The highest BCUT2D eigenvalue weighted by atomic mass is 16.5. The molecule has 3 aromatic carbocycles. The minimum Gasteiger partial charge on any atom is -0.496 e. The zero-order valence-electron chi connectivity index (χ0n) is 16.4. The molecule has 4 heteroatoms. The van der Waals surface area contributed by atoms with Crippen molar-refractivity contribution in [2.24, 2.45) is 0 Å². The van der Waals surface area contributed by atoms with Crippen molar-refractivity contribution in [3.63, 3.8) is 0 Å². The minimum absolute atomic E-state index is 0.376. The van der Waals surface area contributed by atoms with Crippen LogP contribution in [-0.2, 0) is 0 Å². The maximum atomic E-state index is 6.20. The van der Waals surface area contributed by atoms with E-state index in [2.05, 4.69) is 36.4 Å². The molecule has 4 aromatic rings. The van der Waals surface area contributed by atoms with Crippen LogP contribution in [0.2, 0.25) is 0 Å². The number of hydrogen-bond donors (Lipinski definition) is 0. The van der Waals surface area contributed by atoms with Gasteiger partial charge in [0.15, 0.2) is 0 Å². The van der Waals surface area contributed by atoms with Crippen LogP contribution in [-0.4, -0.2) is 24.8 Å². The highest BCUT2D eigenvalue weighted by molar-refractivity contribution is 6.14. The first-order valence-electron chi connectivity index (χ1n) is 9.31. The smallest absolute Gasteiger partial charge is 0.141 e. The summed E-state index contributed by atoms with van der Waals surface area (Å²) in [5, 5.41) is 4.07. The molecule has 0 fully saturated rings. The van der Waals surface area contributed by atoms with Crippen LogP contribution in [0.1, 0.15) is 19.4 Å². The third-order valence-corrected chi connectivity index (χ3v) is 5.31. The van der Waals surface area contributed by atoms with Crippen LogP contribution < -0.4 is 14.2 Å². The molecule has 0 bridgehead atoms. The molecule has 140 valence electrons. The largest absolute Gasteiger partial charge is 0.496 e. The van der Waals surface area contributed by atoms with Crippen molar-refractivity contribution in [3.05, 3.63) is 54.1 Å². The fourth-order valence-corrected chi connectivity index (χ4v) is 4.00. The van der Waals surface area contributed by atoms with E-state index in [-0.39, 0.29) is 5.60 Å². The summed E-state index contributed by atoms with van der Waals surface area (Å²) in [4.78, 5) is 5.09. The van der Waals surface area contributed by atoms with Crippen molar-refractivity contribution in [3.8, 4) is 17.2 Å². The van der Waals surface area contributed by atoms with Gasteiger partial charge >= 0.3 is 0 Å². The Balaban J connectivity index is 2.00. The lowest BCUT2D eigenvalue weighted by Gasteiger charge is -2.29. The van der Waals surface area contributed by atoms with Crippen molar-refractivity contribution < 1.29 is 14.2 Å². The molecule has 0 aliphatic carbocycles. The van der Waals surface area contributed by atoms with Gasteiger partial charge in [-0.1, -0.05) is 30.3 Å². The zero-order valence-corrected chi connectivity index (χ0v) is 16.4. The number of pyridine rings is 1. The van der Waals surface area contributed by atoms with E-state index >= 15 is 0 Å². The molecule has 1 aliphatic rings. The molecule has 0 radical (unpaired) electrons. The summed E-state index contributed by atoms with van der Waals surface area (Å²) in [6.07, 6.45) is 4.15. The molecule has 0 spiro atoms. The minimum atomic E-state index is -0.376. The van der Waals surface area contributed by atoms with Gasteiger partial charge in [-0.25, -0.2) is 4.98 Å². The van der Waals surface area contributed by atoms with Gasteiger partial charge in [0.05, 0.1) is 30.6 Å². The van der Waals surface area contributed by atoms with Crippen molar-refractivity contribution in [2.75, 3.05) is 14.2 Å². The summed E-state index contributed by atoms with van der Waals surface area (Å²) in [6, 6.07) is 14.4. The van der Waals surface area contributed by atoms with E-state index in [0.29, 0.717) is 5.75 Å². The van der Waals surface area contributed by atoms with E-state index in [9.17, 15) is 0 Å². The Morgan fingerprint density at radius 3 is 2.54 bits per heavy atom. The van der Waals surface area contributed by atoms with E-state index in [0.717, 1.165) is 49.6 Å². The molecule has 0 saturated heterocycles. The quantitative estimate of drug-likeness (QED) is 0.333. The van der Waals surface area contributed by atoms with Gasteiger partial charge in [-0.3, -0.25) is 0 Å². The predicted molar refractivity (Wildman–Crippen MR) is 114 cm³/mol. The normalized spacial score (nSPS) is 14.9.